The highest BCUT2D eigenvalue weighted by atomic mass is 31.2. The van der Waals surface area contributed by atoms with Crippen LogP contribution in [0, 0.1) is 29.4 Å². The predicted octanol–water partition coefficient (Wildman–Crippen LogP) is 5.54. The van der Waals surface area contributed by atoms with Crippen LogP contribution >= 0.6 is 7.14 Å². The molecule has 15 heteroatoms. The quantitative estimate of drug-likeness (QED) is 0.143. The summed E-state index contributed by atoms with van der Waals surface area (Å²) >= 11 is 0. The second kappa shape index (κ2) is 12.5. The number of rotatable bonds is 7. The topological polar surface area (TPSA) is 136 Å². The number of alkyl halides is 1. The molecule has 3 unspecified atom stereocenters. The first-order valence-corrected chi connectivity index (χ1v) is 19.9. The normalized spacial score (nSPS) is 24.4. The van der Waals surface area contributed by atoms with Crippen LogP contribution in [0.15, 0.2) is 30.5 Å². The molecule has 6 heterocycles. The number of hydrogen-bond donors (Lipinski definition) is 2. The van der Waals surface area contributed by atoms with Gasteiger partial charge in [-0.15, -0.1) is 6.42 Å². The number of aromatic hydroxyl groups is 1. The minimum atomic E-state index is -3.09. The molecule has 4 saturated heterocycles. The monoisotopic (exact) mass is 731 g/mol. The first-order chi connectivity index (χ1) is 24.8. The lowest BCUT2D eigenvalue weighted by Crippen LogP contribution is -2.57. The van der Waals surface area contributed by atoms with E-state index in [2.05, 4.69) is 20.8 Å². The number of fused-ring (bicyclic) bond motifs is 5. The van der Waals surface area contributed by atoms with Crippen molar-refractivity contribution in [3.8, 4) is 35.4 Å². The fourth-order valence-electron chi connectivity index (χ4n) is 8.68. The highest BCUT2D eigenvalue weighted by Gasteiger charge is 2.50. The lowest BCUT2D eigenvalue weighted by atomic mass is 9.95. The van der Waals surface area contributed by atoms with E-state index in [1.807, 2.05) is 4.90 Å². The van der Waals surface area contributed by atoms with Crippen LogP contribution in [0.1, 0.15) is 37.7 Å². The highest BCUT2D eigenvalue weighted by Crippen LogP contribution is 2.44. The minimum Gasteiger partial charge on any atom is -0.508 e. The van der Waals surface area contributed by atoms with Gasteiger partial charge in [0, 0.05) is 43.2 Å². The second-order valence-electron chi connectivity index (χ2n) is 14.7. The number of halogens is 3. The summed E-state index contributed by atoms with van der Waals surface area (Å²) in [5.41, 5.74) is -1.32. The predicted molar refractivity (Wildman–Crippen MR) is 191 cm³/mol. The molecule has 2 aromatic carbocycles. The standard InChI is InChI=1S/C37H37F3N7O4P/c1-4-25-28(39)9-6-20-12-24(48)13-26(29(20)25)31-30(40)32-27(15-42-31)34(44-36(43-32)51-19-37-10-5-11-46(37)16-21(38)14-37)45-17-22-7-8-23(18-45)47(22)35(49)33(41)52(2,3)50/h1,6,9,12-13,15,21-23,41,48H,5,7-8,10-11,14,16-19H2,2-3H3/t21?,22-,23?,37?/m1/s1. The summed E-state index contributed by atoms with van der Waals surface area (Å²) in [5.74, 6) is 0.361. The lowest BCUT2D eigenvalue weighted by molar-refractivity contribution is -0.127. The Balaban J connectivity index is 1.24. The first kappa shape index (κ1) is 34.4. The number of benzene rings is 2. The number of anilines is 1. The fourth-order valence-corrected chi connectivity index (χ4v) is 9.25. The number of phenolic OH excluding ortho intramolecular Hbond substituents is 1. The Morgan fingerprint density at radius 1 is 1.17 bits per heavy atom. The number of aromatic nitrogens is 3. The van der Waals surface area contributed by atoms with Gasteiger partial charge in [-0.1, -0.05) is 12.0 Å². The number of ether oxygens (including phenoxy) is 1. The highest BCUT2D eigenvalue weighted by molar-refractivity contribution is 7.82. The van der Waals surface area contributed by atoms with Gasteiger partial charge in [0.25, 0.3) is 5.91 Å². The van der Waals surface area contributed by atoms with Gasteiger partial charge >= 0.3 is 6.01 Å². The van der Waals surface area contributed by atoms with E-state index in [4.69, 9.17) is 21.6 Å². The fraction of sp³-hybridized carbons (Fsp3) is 0.432. The molecule has 0 aliphatic carbocycles. The lowest BCUT2D eigenvalue weighted by Gasteiger charge is -2.42. The first-order valence-electron chi connectivity index (χ1n) is 17.3. The van der Waals surface area contributed by atoms with E-state index < -0.39 is 41.8 Å². The molecule has 2 aromatic heterocycles. The number of carbonyl (C=O) groups excluding carboxylic acids is 1. The van der Waals surface area contributed by atoms with Crippen LogP contribution in [0.4, 0.5) is 19.0 Å². The van der Waals surface area contributed by atoms with Gasteiger partial charge in [-0.3, -0.25) is 20.1 Å². The van der Waals surface area contributed by atoms with Gasteiger partial charge in [0.2, 0.25) is 0 Å². The molecular weight excluding hydrogens is 694 g/mol. The summed E-state index contributed by atoms with van der Waals surface area (Å²) in [5, 5.41) is 19.7. The van der Waals surface area contributed by atoms with Gasteiger partial charge in [-0.05, 0) is 69.1 Å². The summed E-state index contributed by atoms with van der Waals surface area (Å²) in [6, 6.07) is 4.55. The molecule has 270 valence electrons. The Labute approximate surface area is 298 Å². The third-order valence-electron chi connectivity index (χ3n) is 11.1. The van der Waals surface area contributed by atoms with E-state index in [0.29, 0.717) is 50.1 Å². The molecule has 2 bridgehead atoms. The number of pyridine rings is 1. The van der Waals surface area contributed by atoms with Crippen molar-refractivity contribution in [1.82, 2.24) is 24.8 Å². The zero-order valence-corrected chi connectivity index (χ0v) is 29.6. The van der Waals surface area contributed by atoms with Gasteiger partial charge in [0.15, 0.2) is 11.3 Å². The van der Waals surface area contributed by atoms with Crippen LogP contribution in [0.3, 0.4) is 0 Å². The molecule has 4 atom stereocenters. The van der Waals surface area contributed by atoms with E-state index in [-0.39, 0.29) is 63.6 Å². The maximum atomic E-state index is 17.0. The SMILES string of the molecule is C#Cc1c(F)ccc2cc(O)cc(-c3ncc4c(N5CC6CC[C@H](C5)N6C(=O)C(=N)P(C)(C)=O)nc(OCC56CCCN5CC(F)C6)nc4c3F)c12. The number of carbonyl (C=O) groups is 1. The number of phenols is 1. The van der Waals surface area contributed by atoms with E-state index >= 15 is 4.39 Å². The van der Waals surface area contributed by atoms with E-state index in [1.54, 1.807) is 4.90 Å². The zero-order valence-electron chi connectivity index (χ0n) is 28.7. The Hall–Kier alpha value is -4.73. The molecule has 0 saturated carbocycles. The Bertz CT molecular complexity index is 2260. The maximum Gasteiger partial charge on any atom is 0.319 e. The second-order valence-corrected chi connectivity index (χ2v) is 17.9. The van der Waals surface area contributed by atoms with Crippen molar-refractivity contribution >= 4 is 46.0 Å². The smallest absolute Gasteiger partial charge is 0.319 e. The van der Waals surface area contributed by atoms with Crippen molar-refractivity contribution in [2.75, 3.05) is 51.0 Å². The molecule has 2 N–H and O–H groups in total. The van der Waals surface area contributed by atoms with Gasteiger partial charge in [0.05, 0.1) is 28.6 Å². The number of terminal acetylenes is 1. The minimum absolute atomic E-state index is 0.0710. The molecule has 1 amide bonds. The summed E-state index contributed by atoms with van der Waals surface area (Å²) in [6.07, 6.45) is 9.38. The Morgan fingerprint density at radius 3 is 2.63 bits per heavy atom. The molecule has 0 radical (unpaired) electrons. The van der Waals surface area contributed by atoms with Crippen LogP contribution in [0.2, 0.25) is 0 Å². The van der Waals surface area contributed by atoms with Crippen LogP contribution in [0.5, 0.6) is 11.8 Å². The molecule has 11 nitrogen and oxygen atoms in total. The average Bonchev–Trinajstić information content (AvgIpc) is 3.72. The number of hydrogen-bond acceptors (Lipinski definition) is 10. The summed E-state index contributed by atoms with van der Waals surface area (Å²) in [4.78, 5) is 32.8. The van der Waals surface area contributed by atoms with E-state index in [1.165, 1.54) is 43.8 Å². The number of nitrogens with one attached hydrogen (secondary N) is 1. The van der Waals surface area contributed by atoms with Crippen molar-refractivity contribution < 1.29 is 32.4 Å². The van der Waals surface area contributed by atoms with Crippen molar-refractivity contribution in [3.63, 3.8) is 0 Å². The average molecular weight is 732 g/mol. The number of amides is 1. The number of nitrogens with zero attached hydrogens (tertiary/aromatic N) is 6. The molecule has 4 fully saturated rings. The molecule has 4 aromatic rings. The van der Waals surface area contributed by atoms with Crippen LogP contribution in [0.25, 0.3) is 32.9 Å². The Morgan fingerprint density at radius 2 is 1.92 bits per heavy atom. The van der Waals surface area contributed by atoms with Gasteiger partial charge < -0.3 is 24.2 Å². The van der Waals surface area contributed by atoms with E-state index in [9.17, 15) is 23.2 Å². The van der Waals surface area contributed by atoms with Crippen LogP contribution < -0.4 is 9.64 Å². The van der Waals surface area contributed by atoms with Crippen molar-refractivity contribution in [3.05, 3.63) is 47.7 Å². The number of piperazine rings is 1. The summed E-state index contributed by atoms with van der Waals surface area (Å²) in [6.45, 7) is 4.58. The molecule has 0 spiro atoms. The third-order valence-corrected chi connectivity index (χ3v) is 12.4. The summed E-state index contributed by atoms with van der Waals surface area (Å²) < 4.78 is 65.4. The van der Waals surface area contributed by atoms with Crippen LogP contribution in [-0.4, -0.2) is 111 Å². The largest absolute Gasteiger partial charge is 0.508 e. The van der Waals surface area contributed by atoms with Gasteiger partial charge in [-0.25, -0.2) is 13.2 Å². The molecule has 4 aliphatic heterocycles. The molecule has 52 heavy (non-hydrogen) atoms. The van der Waals surface area contributed by atoms with Crippen LogP contribution in [-0.2, 0) is 9.36 Å². The molecule has 4 aliphatic rings. The van der Waals surface area contributed by atoms with Gasteiger partial charge in [-0.2, -0.15) is 9.97 Å². The maximum absolute atomic E-state index is 17.0. The molecular formula is C37H37F3N7O4P. The zero-order chi connectivity index (χ0) is 36.7. The summed E-state index contributed by atoms with van der Waals surface area (Å²) in [7, 11) is -3.09. The van der Waals surface area contributed by atoms with Crippen molar-refractivity contribution in [2.45, 2.75) is 55.9 Å². The van der Waals surface area contributed by atoms with Gasteiger partial charge in [0.1, 0.15) is 48.5 Å². The van der Waals surface area contributed by atoms with Crippen molar-refractivity contribution in [2.24, 2.45) is 0 Å². The van der Waals surface area contributed by atoms with Crippen molar-refractivity contribution in [1.29, 1.82) is 5.41 Å². The third kappa shape index (κ3) is 5.56. The molecule has 8 rings (SSSR count). The Kier molecular flexibility index (Phi) is 8.23. The van der Waals surface area contributed by atoms with E-state index in [0.717, 1.165) is 19.4 Å².